The fourth-order valence-electron chi connectivity index (χ4n) is 1.17. The molecule has 2 N–H and O–H groups in total. The van der Waals surface area contributed by atoms with Gasteiger partial charge in [0.25, 0.3) is 0 Å². The van der Waals surface area contributed by atoms with Gasteiger partial charge >= 0.3 is 0 Å². The molecule has 0 unspecified atom stereocenters. The number of nitrogens with one attached hydrogen (secondary N) is 2. The molecule has 0 saturated heterocycles. The Balaban J connectivity index is 2.06. The zero-order valence-electron chi connectivity index (χ0n) is 10.1. The number of thiazole rings is 1. The summed E-state index contributed by atoms with van der Waals surface area (Å²) in [5.74, 6) is 0.577. The molecule has 0 radical (unpaired) electrons. The van der Waals surface area contributed by atoms with Crippen molar-refractivity contribution in [1.29, 1.82) is 0 Å². The third-order valence-electron chi connectivity index (χ3n) is 2.04. The van der Waals surface area contributed by atoms with E-state index < -0.39 is 0 Å². The maximum atomic E-state index is 11.4. The standard InChI is InChI=1S/C11H18ClN3OS/c1-8(2)5-14-10(16)3-4-13-7-11-15-6-9(12)17-11/h6,8,13H,3-5,7H2,1-2H3,(H,14,16). The third kappa shape index (κ3) is 6.61. The average Bonchev–Trinajstić information content (AvgIpc) is 2.68. The van der Waals surface area contributed by atoms with Crippen molar-refractivity contribution in [3.05, 3.63) is 15.5 Å². The van der Waals surface area contributed by atoms with Crippen molar-refractivity contribution < 1.29 is 4.79 Å². The van der Waals surface area contributed by atoms with E-state index in [-0.39, 0.29) is 5.91 Å². The predicted octanol–water partition coefficient (Wildman–Crippen LogP) is 2.05. The second-order valence-electron chi connectivity index (χ2n) is 4.18. The Labute approximate surface area is 111 Å². The Morgan fingerprint density at radius 3 is 2.94 bits per heavy atom. The largest absolute Gasteiger partial charge is 0.356 e. The van der Waals surface area contributed by atoms with Crippen LogP contribution in [0.4, 0.5) is 0 Å². The number of hydrogen-bond donors (Lipinski definition) is 2. The Morgan fingerprint density at radius 2 is 2.35 bits per heavy atom. The highest BCUT2D eigenvalue weighted by Gasteiger charge is 2.03. The van der Waals surface area contributed by atoms with Crippen LogP contribution in [0.15, 0.2) is 6.20 Å². The first kappa shape index (κ1) is 14.4. The summed E-state index contributed by atoms with van der Waals surface area (Å²) in [6, 6.07) is 0. The molecule has 1 aromatic rings. The molecule has 0 aliphatic heterocycles. The molecule has 0 spiro atoms. The van der Waals surface area contributed by atoms with E-state index in [1.165, 1.54) is 11.3 Å². The van der Waals surface area contributed by atoms with Crippen LogP contribution in [0.1, 0.15) is 25.3 Å². The molecular weight excluding hydrogens is 258 g/mol. The van der Waals surface area contributed by atoms with Gasteiger partial charge < -0.3 is 10.6 Å². The van der Waals surface area contributed by atoms with Crippen LogP contribution in [0.5, 0.6) is 0 Å². The van der Waals surface area contributed by atoms with Gasteiger partial charge in [-0.1, -0.05) is 25.4 Å². The SMILES string of the molecule is CC(C)CNC(=O)CCNCc1ncc(Cl)s1. The van der Waals surface area contributed by atoms with Gasteiger partial charge in [-0.15, -0.1) is 11.3 Å². The van der Waals surface area contributed by atoms with Crippen LogP contribution in [-0.2, 0) is 11.3 Å². The molecular formula is C11H18ClN3OS. The highest BCUT2D eigenvalue weighted by atomic mass is 35.5. The van der Waals surface area contributed by atoms with Gasteiger partial charge in [-0.3, -0.25) is 4.79 Å². The van der Waals surface area contributed by atoms with Crippen LogP contribution in [0.3, 0.4) is 0 Å². The van der Waals surface area contributed by atoms with E-state index in [0.29, 0.717) is 29.8 Å². The summed E-state index contributed by atoms with van der Waals surface area (Å²) < 4.78 is 0.691. The fraction of sp³-hybridized carbons (Fsp3) is 0.636. The summed E-state index contributed by atoms with van der Waals surface area (Å²) in [6.45, 7) is 6.20. The normalized spacial score (nSPS) is 10.8. The Bertz CT molecular complexity index is 354. The Kier molecular flexibility index (Phi) is 6.47. The summed E-state index contributed by atoms with van der Waals surface area (Å²) in [7, 11) is 0. The zero-order valence-corrected chi connectivity index (χ0v) is 11.7. The van der Waals surface area contributed by atoms with E-state index in [0.717, 1.165) is 11.6 Å². The fourth-order valence-corrected chi connectivity index (χ4v) is 2.10. The van der Waals surface area contributed by atoms with E-state index in [4.69, 9.17) is 11.6 Å². The Morgan fingerprint density at radius 1 is 1.59 bits per heavy atom. The van der Waals surface area contributed by atoms with Crippen LogP contribution in [0.25, 0.3) is 0 Å². The smallest absolute Gasteiger partial charge is 0.221 e. The molecule has 0 atom stereocenters. The first-order valence-corrected chi connectivity index (χ1v) is 6.85. The number of carbonyl (C=O) groups is 1. The van der Waals surface area contributed by atoms with Gasteiger partial charge in [-0.05, 0) is 5.92 Å². The molecule has 1 aromatic heterocycles. The van der Waals surface area contributed by atoms with E-state index in [2.05, 4.69) is 29.5 Å². The summed E-state index contributed by atoms with van der Waals surface area (Å²) in [5.41, 5.74) is 0. The lowest BCUT2D eigenvalue weighted by atomic mass is 10.2. The molecule has 0 aliphatic rings. The van der Waals surface area contributed by atoms with E-state index in [9.17, 15) is 4.79 Å². The van der Waals surface area contributed by atoms with Gasteiger partial charge in [0.15, 0.2) is 0 Å². The molecule has 0 fully saturated rings. The van der Waals surface area contributed by atoms with Crippen molar-refractivity contribution >= 4 is 28.8 Å². The second-order valence-corrected chi connectivity index (χ2v) is 5.93. The van der Waals surface area contributed by atoms with Crippen molar-refractivity contribution in [2.75, 3.05) is 13.1 Å². The molecule has 1 heterocycles. The van der Waals surface area contributed by atoms with Crippen LogP contribution < -0.4 is 10.6 Å². The first-order valence-electron chi connectivity index (χ1n) is 5.65. The highest BCUT2D eigenvalue weighted by Crippen LogP contribution is 2.17. The number of hydrogen-bond acceptors (Lipinski definition) is 4. The predicted molar refractivity (Wildman–Crippen MR) is 71.3 cm³/mol. The molecule has 4 nitrogen and oxygen atoms in total. The van der Waals surface area contributed by atoms with Gasteiger partial charge in [0.2, 0.25) is 5.91 Å². The lowest BCUT2D eigenvalue weighted by molar-refractivity contribution is -0.121. The molecule has 6 heteroatoms. The quantitative estimate of drug-likeness (QED) is 0.749. The Hall–Kier alpha value is -0.650. The molecule has 17 heavy (non-hydrogen) atoms. The zero-order chi connectivity index (χ0) is 12.7. The second kappa shape index (κ2) is 7.63. The minimum Gasteiger partial charge on any atom is -0.356 e. The maximum Gasteiger partial charge on any atom is 0.221 e. The minimum atomic E-state index is 0.0865. The van der Waals surface area contributed by atoms with Crippen molar-refractivity contribution in [1.82, 2.24) is 15.6 Å². The van der Waals surface area contributed by atoms with Gasteiger partial charge in [0.05, 0.1) is 6.20 Å². The number of amides is 1. The molecule has 0 saturated carbocycles. The maximum absolute atomic E-state index is 11.4. The number of rotatable bonds is 7. The van der Waals surface area contributed by atoms with Crippen molar-refractivity contribution in [3.63, 3.8) is 0 Å². The number of nitrogens with zero attached hydrogens (tertiary/aromatic N) is 1. The van der Waals surface area contributed by atoms with E-state index in [1.54, 1.807) is 6.20 Å². The highest BCUT2D eigenvalue weighted by molar-refractivity contribution is 7.15. The van der Waals surface area contributed by atoms with E-state index in [1.807, 2.05) is 0 Å². The summed E-state index contributed by atoms with van der Waals surface area (Å²) in [5, 5.41) is 6.98. The molecule has 1 rings (SSSR count). The van der Waals surface area contributed by atoms with Crippen molar-refractivity contribution in [3.8, 4) is 0 Å². The molecule has 1 amide bonds. The van der Waals surface area contributed by atoms with Gasteiger partial charge in [-0.25, -0.2) is 4.98 Å². The summed E-state index contributed by atoms with van der Waals surface area (Å²) in [4.78, 5) is 15.5. The van der Waals surface area contributed by atoms with Crippen molar-refractivity contribution in [2.45, 2.75) is 26.8 Å². The van der Waals surface area contributed by atoms with Gasteiger partial charge in [0.1, 0.15) is 9.34 Å². The van der Waals surface area contributed by atoms with E-state index >= 15 is 0 Å². The minimum absolute atomic E-state index is 0.0865. The molecule has 0 bridgehead atoms. The van der Waals surface area contributed by atoms with Crippen LogP contribution in [-0.4, -0.2) is 24.0 Å². The molecule has 0 aromatic carbocycles. The average molecular weight is 276 g/mol. The van der Waals surface area contributed by atoms with Crippen LogP contribution >= 0.6 is 22.9 Å². The lowest BCUT2D eigenvalue weighted by Crippen LogP contribution is -2.30. The third-order valence-corrected chi connectivity index (χ3v) is 3.15. The number of aromatic nitrogens is 1. The lowest BCUT2D eigenvalue weighted by Gasteiger charge is -2.07. The summed E-state index contributed by atoms with van der Waals surface area (Å²) in [6.07, 6.45) is 2.13. The van der Waals surface area contributed by atoms with Crippen LogP contribution in [0, 0.1) is 5.92 Å². The topological polar surface area (TPSA) is 54.0 Å². The number of halogens is 1. The van der Waals surface area contributed by atoms with Crippen molar-refractivity contribution in [2.24, 2.45) is 5.92 Å². The van der Waals surface area contributed by atoms with Gasteiger partial charge in [-0.2, -0.15) is 0 Å². The molecule has 0 aliphatic carbocycles. The number of carbonyl (C=O) groups excluding carboxylic acids is 1. The summed E-state index contributed by atoms with van der Waals surface area (Å²) >= 11 is 7.21. The first-order chi connectivity index (χ1) is 8.08. The van der Waals surface area contributed by atoms with Crippen LogP contribution in [0.2, 0.25) is 4.34 Å². The monoisotopic (exact) mass is 275 g/mol. The van der Waals surface area contributed by atoms with Gasteiger partial charge in [0, 0.05) is 26.1 Å². The molecule has 96 valence electrons.